The number of sulfonamides is 1. The summed E-state index contributed by atoms with van der Waals surface area (Å²) in [6, 6.07) is 5.89. The number of nitrogens with one attached hydrogen (secondary N) is 2. The number of benzene rings is 1. The molecule has 0 aliphatic carbocycles. The van der Waals surface area contributed by atoms with E-state index in [4.69, 9.17) is 9.47 Å². The normalized spacial score (nSPS) is 10.8. The minimum atomic E-state index is -4.30. The summed E-state index contributed by atoms with van der Waals surface area (Å²) in [6.07, 6.45) is 0.121. The van der Waals surface area contributed by atoms with E-state index in [9.17, 15) is 18.0 Å². The van der Waals surface area contributed by atoms with Crippen LogP contribution < -0.4 is 19.5 Å². The molecule has 0 radical (unpaired) electrons. The standard InChI is InChI=1S/C16H18N4O6S/c1-4-11(21)10-7-5-6-8-12(10)27(23,24)20-16(22)19-15-17-13(25-2)9-14(18-15)26-3/h5-9H,4H2,1-3H3,(H2,17,18,19,20,22). The highest BCUT2D eigenvalue weighted by atomic mass is 32.2. The Bertz CT molecular complexity index is 939. The summed E-state index contributed by atoms with van der Waals surface area (Å²) in [7, 11) is -1.58. The maximum absolute atomic E-state index is 12.5. The van der Waals surface area contributed by atoms with E-state index in [0.29, 0.717) is 0 Å². The third-order valence-electron chi connectivity index (χ3n) is 3.35. The molecule has 10 nitrogen and oxygen atoms in total. The molecule has 2 N–H and O–H groups in total. The van der Waals surface area contributed by atoms with Crippen LogP contribution in [-0.2, 0) is 10.0 Å². The highest BCUT2D eigenvalue weighted by Crippen LogP contribution is 2.19. The van der Waals surface area contributed by atoms with Gasteiger partial charge in [0.15, 0.2) is 5.78 Å². The summed E-state index contributed by atoms with van der Waals surface area (Å²) in [5.41, 5.74) is -0.000371. The first-order valence-electron chi connectivity index (χ1n) is 7.73. The molecule has 1 heterocycles. The van der Waals surface area contributed by atoms with Crippen molar-refractivity contribution in [3.8, 4) is 11.8 Å². The zero-order chi connectivity index (χ0) is 20.0. The zero-order valence-corrected chi connectivity index (χ0v) is 15.7. The van der Waals surface area contributed by atoms with Gasteiger partial charge < -0.3 is 9.47 Å². The van der Waals surface area contributed by atoms with Crippen molar-refractivity contribution in [1.82, 2.24) is 14.7 Å². The van der Waals surface area contributed by atoms with E-state index in [1.54, 1.807) is 13.0 Å². The molecule has 2 amide bonds. The highest BCUT2D eigenvalue weighted by molar-refractivity contribution is 7.90. The van der Waals surface area contributed by atoms with E-state index < -0.39 is 16.1 Å². The van der Waals surface area contributed by atoms with Crippen molar-refractivity contribution in [1.29, 1.82) is 0 Å². The SMILES string of the molecule is CCC(=O)c1ccccc1S(=O)(=O)NC(=O)Nc1nc(OC)cc(OC)n1. The number of hydrogen-bond donors (Lipinski definition) is 2. The Labute approximate surface area is 156 Å². The Morgan fingerprint density at radius 3 is 2.22 bits per heavy atom. The van der Waals surface area contributed by atoms with Crippen molar-refractivity contribution in [2.75, 3.05) is 19.5 Å². The second kappa shape index (κ2) is 8.45. The number of anilines is 1. The second-order valence-corrected chi connectivity index (χ2v) is 6.76. The lowest BCUT2D eigenvalue weighted by molar-refractivity contribution is 0.0985. The first-order valence-corrected chi connectivity index (χ1v) is 9.22. The molecule has 1 aromatic heterocycles. The van der Waals surface area contributed by atoms with Gasteiger partial charge in [-0.2, -0.15) is 9.97 Å². The number of ketones is 1. The monoisotopic (exact) mass is 394 g/mol. The number of rotatable bonds is 7. The van der Waals surface area contributed by atoms with E-state index in [-0.39, 0.29) is 40.4 Å². The summed E-state index contributed by atoms with van der Waals surface area (Å²) < 4.78 is 36.7. The number of amides is 2. The van der Waals surface area contributed by atoms with Crippen LogP contribution in [0.5, 0.6) is 11.8 Å². The van der Waals surface area contributed by atoms with Crippen molar-refractivity contribution < 1.29 is 27.5 Å². The fourth-order valence-corrected chi connectivity index (χ4v) is 3.23. The minimum absolute atomic E-state index is 0.000371. The fourth-order valence-electron chi connectivity index (χ4n) is 2.09. The number of aromatic nitrogens is 2. The van der Waals surface area contributed by atoms with Gasteiger partial charge in [-0.1, -0.05) is 25.1 Å². The van der Waals surface area contributed by atoms with E-state index in [1.165, 1.54) is 38.5 Å². The molecule has 0 saturated carbocycles. The van der Waals surface area contributed by atoms with Crippen molar-refractivity contribution in [2.45, 2.75) is 18.2 Å². The van der Waals surface area contributed by atoms with E-state index in [1.807, 2.05) is 4.72 Å². The second-order valence-electron chi connectivity index (χ2n) is 5.11. The molecule has 2 aromatic rings. The van der Waals surface area contributed by atoms with Gasteiger partial charge in [-0.05, 0) is 6.07 Å². The van der Waals surface area contributed by atoms with Crippen LogP contribution in [0.1, 0.15) is 23.7 Å². The molecular weight excluding hydrogens is 376 g/mol. The highest BCUT2D eigenvalue weighted by Gasteiger charge is 2.24. The van der Waals surface area contributed by atoms with Crippen LogP contribution in [0.3, 0.4) is 0 Å². The lowest BCUT2D eigenvalue weighted by Crippen LogP contribution is -2.35. The molecular formula is C16H18N4O6S. The number of carbonyl (C=O) groups is 2. The summed E-state index contributed by atoms with van der Waals surface area (Å²) in [6.45, 7) is 1.61. The van der Waals surface area contributed by atoms with Crippen molar-refractivity contribution in [3.05, 3.63) is 35.9 Å². The van der Waals surface area contributed by atoms with Crippen LogP contribution in [0.25, 0.3) is 0 Å². The van der Waals surface area contributed by atoms with Crippen LogP contribution in [0.4, 0.5) is 10.7 Å². The van der Waals surface area contributed by atoms with Gasteiger partial charge in [0.2, 0.25) is 17.7 Å². The number of methoxy groups -OCH3 is 2. The predicted octanol–water partition coefficient (Wildman–Crippen LogP) is 1.60. The number of Topliss-reactive ketones (excluding diaryl/α,β-unsaturated/α-hetero) is 1. The Morgan fingerprint density at radius 1 is 1.07 bits per heavy atom. The summed E-state index contributed by atoms with van der Waals surface area (Å²) in [4.78, 5) is 31.5. The van der Waals surface area contributed by atoms with Gasteiger partial charge in [0.05, 0.1) is 25.2 Å². The number of ether oxygens (including phenoxy) is 2. The molecule has 0 spiro atoms. The lowest BCUT2D eigenvalue weighted by Gasteiger charge is -2.11. The Balaban J connectivity index is 2.24. The third kappa shape index (κ3) is 4.91. The molecule has 0 fully saturated rings. The Kier molecular flexibility index (Phi) is 6.29. The topological polar surface area (TPSA) is 137 Å². The largest absolute Gasteiger partial charge is 0.481 e. The average Bonchev–Trinajstić information content (AvgIpc) is 2.66. The summed E-state index contributed by atoms with van der Waals surface area (Å²) in [5.74, 6) is -0.369. The van der Waals surface area contributed by atoms with Crippen molar-refractivity contribution >= 4 is 27.8 Å². The number of nitrogens with zero attached hydrogens (tertiary/aromatic N) is 2. The molecule has 27 heavy (non-hydrogen) atoms. The van der Waals surface area contributed by atoms with E-state index >= 15 is 0 Å². The van der Waals surface area contributed by atoms with Gasteiger partial charge in [-0.15, -0.1) is 0 Å². The Morgan fingerprint density at radius 2 is 1.67 bits per heavy atom. The van der Waals surface area contributed by atoms with E-state index in [0.717, 1.165) is 0 Å². The van der Waals surface area contributed by atoms with E-state index in [2.05, 4.69) is 15.3 Å². The molecule has 0 bridgehead atoms. The fraction of sp³-hybridized carbons (Fsp3) is 0.250. The van der Waals surface area contributed by atoms with Crippen LogP contribution >= 0.6 is 0 Å². The third-order valence-corrected chi connectivity index (χ3v) is 4.74. The van der Waals surface area contributed by atoms with Crippen molar-refractivity contribution in [2.24, 2.45) is 0 Å². The number of hydrogen-bond acceptors (Lipinski definition) is 8. The maximum Gasteiger partial charge on any atom is 0.335 e. The molecule has 0 saturated heterocycles. The lowest BCUT2D eigenvalue weighted by atomic mass is 10.1. The quantitative estimate of drug-likeness (QED) is 0.676. The summed E-state index contributed by atoms with van der Waals surface area (Å²) in [5, 5.41) is 2.18. The first-order chi connectivity index (χ1) is 12.8. The molecule has 0 aliphatic heterocycles. The first kappa shape index (κ1) is 20.1. The predicted molar refractivity (Wildman–Crippen MR) is 95.5 cm³/mol. The molecule has 144 valence electrons. The molecule has 11 heteroatoms. The molecule has 0 unspecified atom stereocenters. The number of carbonyl (C=O) groups excluding carboxylic acids is 2. The zero-order valence-electron chi connectivity index (χ0n) is 14.8. The van der Waals surface area contributed by atoms with Crippen molar-refractivity contribution in [3.63, 3.8) is 0 Å². The van der Waals surface area contributed by atoms with Gasteiger partial charge >= 0.3 is 6.03 Å². The average molecular weight is 394 g/mol. The van der Waals surface area contributed by atoms with Crippen LogP contribution in [0, 0.1) is 0 Å². The smallest absolute Gasteiger partial charge is 0.335 e. The molecule has 2 rings (SSSR count). The minimum Gasteiger partial charge on any atom is -0.481 e. The number of urea groups is 1. The molecule has 0 aliphatic rings. The van der Waals surface area contributed by atoms with Crippen LogP contribution in [-0.4, -0.2) is 44.4 Å². The maximum atomic E-state index is 12.5. The van der Waals surface area contributed by atoms with Gasteiger partial charge in [-0.25, -0.2) is 17.9 Å². The van der Waals surface area contributed by atoms with Gasteiger partial charge in [-0.3, -0.25) is 10.1 Å². The van der Waals surface area contributed by atoms with Gasteiger partial charge in [0.1, 0.15) is 0 Å². The Hall–Kier alpha value is -3.21. The van der Waals surface area contributed by atoms with Crippen LogP contribution in [0.15, 0.2) is 35.2 Å². The van der Waals surface area contributed by atoms with Gasteiger partial charge in [0.25, 0.3) is 10.0 Å². The molecule has 0 atom stereocenters. The van der Waals surface area contributed by atoms with Gasteiger partial charge in [0, 0.05) is 12.0 Å². The van der Waals surface area contributed by atoms with Crippen LogP contribution in [0.2, 0.25) is 0 Å². The summed E-state index contributed by atoms with van der Waals surface area (Å²) >= 11 is 0. The molecule has 1 aromatic carbocycles.